The van der Waals surface area contributed by atoms with Crippen molar-refractivity contribution in [3.8, 4) is 11.5 Å². The fourth-order valence-corrected chi connectivity index (χ4v) is 3.09. The van der Waals surface area contributed by atoms with Crippen molar-refractivity contribution in [3.05, 3.63) is 12.1 Å². The van der Waals surface area contributed by atoms with Crippen LogP contribution < -0.4 is 25.4 Å². The van der Waals surface area contributed by atoms with Crippen LogP contribution in [-0.2, 0) is 0 Å². The molecule has 1 aromatic rings. The lowest BCUT2D eigenvalue weighted by Gasteiger charge is -2.18. The Kier molecular flexibility index (Phi) is 6.23. The molecule has 0 unspecified atom stereocenters. The number of rotatable bonds is 6. The average molecular weight is 353 g/mol. The molecule has 0 aliphatic carbocycles. The fraction of sp³-hybridized carbons (Fsp3) is 0.588. The summed E-state index contributed by atoms with van der Waals surface area (Å²) in [4.78, 5) is 7.48. The molecule has 0 atom stereocenters. The maximum atomic E-state index is 6.08. The van der Waals surface area contributed by atoms with E-state index in [0.29, 0.717) is 11.7 Å². The molecule has 0 radical (unpaired) electrons. The minimum absolute atomic E-state index is 0.263. The maximum absolute atomic E-state index is 6.08. The smallest absolute Gasteiger partial charge is 0.231 e. The van der Waals surface area contributed by atoms with Crippen molar-refractivity contribution < 1.29 is 9.47 Å². The van der Waals surface area contributed by atoms with Gasteiger partial charge in [0.25, 0.3) is 0 Å². The van der Waals surface area contributed by atoms with Crippen LogP contribution in [0.2, 0.25) is 0 Å². The zero-order valence-corrected chi connectivity index (χ0v) is 16.0. The summed E-state index contributed by atoms with van der Waals surface area (Å²) in [6.45, 7) is 9.32. The summed E-state index contributed by atoms with van der Waals surface area (Å²) in [7, 11) is 3.98. The molecule has 0 spiro atoms. The van der Waals surface area contributed by atoms with E-state index in [1.807, 2.05) is 31.1 Å². The molecule has 1 aromatic carbocycles. The van der Waals surface area contributed by atoms with Gasteiger partial charge in [-0.15, -0.1) is 0 Å². The highest BCUT2D eigenvalue weighted by atomic mass is 32.2. The number of fused-ring (bicyclic) bond motifs is 1. The van der Waals surface area contributed by atoms with E-state index in [0.717, 1.165) is 35.2 Å². The zero-order valence-electron chi connectivity index (χ0n) is 15.2. The Labute approximate surface area is 148 Å². The van der Waals surface area contributed by atoms with Gasteiger partial charge in [-0.3, -0.25) is 4.99 Å². The molecule has 6 nitrogen and oxygen atoms in total. The number of hydrogen-bond acceptors (Lipinski definition) is 6. The molecule has 134 valence electrons. The number of aliphatic imine (C=N–C) groups is 1. The highest BCUT2D eigenvalue weighted by Crippen LogP contribution is 2.41. The highest BCUT2D eigenvalue weighted by molar-refractivity contribution is 8.14. The Morgan fingerprint density at radius 2 is 1.96 bits per heavy atom. The number of nitrogens with one attached hydrogen (secondary N) is 1. The molecule has 24 heavy (non-hydrogen) atoms. The lowest BCUT2D eigenvalue weighted by Crippen LogP contribution is -2.29. The normalized spacial score (nSPS) is 14.1. The summed E-state index contributed by atoms with van der Waals surface area (Å²) in [6, 6.07) is 3.94. The van der Waals surface area contributed by atoms with Gasteiger partial charge >= 0.3 is 0 Å². The lowest BCUT2D eigenvalue weighted by molar-refractivity contribution is 0.174. The average Bonchev–Trinajstić information content (AvgIpc) is 2.91. The third-order valence-corrected chi connectivity index (χ3v) is 4.25. The van der Waals surface area contributed by atoms with Gasteiger partial charge in [0.05, 0.1) is 12.2 Å². The SMILES string of the molecule is CN(C)c1cc2c(cc1SC(N)=NCCNCC(C)(C)C)OCO2. The van der Waals surface area contributed by atoms with Gasteiger partial charge in [-0.05, 0) is 5.41 Å². The highest BCUT2D eigenvalue weighted by Gasteiger charge is 2.19. The minimum atomic E-state index is 0.263. The van der Waals surface area contributed by atoms with E-state index < -0.39 is 0 Å². The minimum Gasteiger partial charge on any atom is -0.454 e. The van der Waals surface area contributed by atoms with Crippen molar-refractivity contribution in [3.63, 3.8) is 0 Å². The van der Waals surface area contributed by atoms with Gasteiger partial charge in [-0.2, -0.15) is 0 Å². The number of benzene rings is 1. The van der Waals surface area contributed by atoms with Crippen molar-refractivity contribution in [1.29, 1.82) is 0 Å². The van der Waals surface area contributed by atoms with Crippen molar-refractivity contribution >= 4 is 22.6 Å². The van der Waals surface area contributed by atoms with Gasteiger partial charge in [0.2, 0.25) is 6.79 Å². The van der Waals surface area contributed by atoms with Crippen LogP contribution in [0.5, 0.6) is 11.5 Å². The molecule has 0 aromatic heterocycles. The van der Waals surface area contributed by atoms with Gasteiger partial charge in [0.15, 0.2) is 16.7 Å². The lowest BCUT2D eigenvalue weighted by atomic mass is 9.97. The summed E-state index contributed by atoms with van der Waals surface area (Å²) in [5.74, 6) is 1.52. The summed E-state index contributed by atoms with van der Waals surface area (Å²) in [5.41, 5.74) is 7.39. The van der Waals surface area contributed by atoms with Crippen molar-refractivity contribution in [2.75, 3.05) is 45.4 Å². The first-order valence-electron chi connectivity index (χ1n) is 8.06. The summed E-state index contributed by atoms with van der Waals surface area (Å²) in [6.07, 6.45) is 0. The number of thioether (sulfide) groups is 1. The van der Waals surface area contributed by atoms with E-state index in [1.165, 1.54) is 11.8 Å². The van der Waals surface area contributed by atoms with E-state index in [1.54, 1.807) is 0 Å². The van der Waals surface area contributed by atoms with Crippen LogP contribution in [0, 0.1) is 5.41 Å². The molecular formula is C17H28N4O2S. The van der Waals surface area contributed by atoms with Gasteiger partial charge in [0, 0.05) is 44.2 Å². The van der Waals surface area contributed by atoms with Crippen LogP contribution in [0.4, 0.5) is 5.69 Å². The second kappa shape index (κ2) is 7.98. The standard InChI is InChI=1S/C17H28N4O2S/c1-17(2,3)10-19-6-7-20-16(18)24-15-9-14-13(22-11-23-14)8-12(15)21(4)5/h8-9,19H,6-7,10-11H2,1-5H3,(H2,18,20). The zero-order chi connectivity index (χ0) is 17.7. The molecule has 1 aliphatic rings. The van der Waals surface area contributed by atoms with Crippen LogP contribution in [-0.4, -0.2) is 45.7 Å². The van der Waals surface area contributed by atoms with Gasteiger partial charge in [-0.25, -0.2) is 0 Å². The quantitative estimate of drug-likeness (QED) is 0.355. The van der Waals surface area contributed by atoms with Crippen LogP contribution >= 0.6 is 11.8 Å². The number of nitrogens with zero attached hydrogens (tertiary/aromatic N) is 2. The van der Waals surface area contributed by atoms with Crippen LogP contribution in [0.3, 0.4) is 0 Å². The molecule has 0 fully saturated rings. The molecule has 0 saturated heterocycles. The number of amidine groups is 1. The molecule has 0 bridgehead atoms. The van der Waals surface area contributed by atoms with E-state index in [2.05, 4.69) is 31.1 Å². The molecule has 1 aliphatic heterocycles. The van der Waals surface area contributed by atoms with Gasteiger partial charge in [-0.1, -0.05) is 32.5 Å². The molecule has 2 rings (SSSR count). The molecule has 7 heteroatoms. The Morgan fingerprint density at radius 3 is 2.58 bits per heavy atom. The van der Waals surface area contributed by atoms with Gasteiger partial charge in [0.1, 0.15) is 0 Å². The van der Waals surface area contributed by atoms with Gasteiger partial charge < -0.3 is 25.4 Å². The first-order valence-corrected chi connectivity index (χ1v) is 8.87. The van der Waals surface area contributed by atoms with Crippen LogP contribution in [0.15, 0.2) is 22.0 Å². The van der Waals surface area contributed by atoms with Crippen molar-refractivity contribution in [2.24, 2.45) is 16.1 Å². The number of anilines is 1. The third-order valence-electron chi connectivity index (χ3n) is 3.36. The predicted octanol–water partition coefficient (Wildman–Crippen LogP) is 2.52. The van der Waals surface area contributed by atoms with Crippen LogP contribution in [0.25, 0.3) is 0 Å². The topological polar surface area (TPSA) is 72.1 Å². The Hall–Kier alpha value is -1.60. The molecular weight excluding hydrogens is 324 g/mol. The van der Waals surface area contributed by atoms with Crippen molar-refractivity contribution in [1.82, 2.24) is 5.32 Å². The van der Waals surface area contributed by atoms with E-state index in [4.69, 9.17) is 15.2 Å². The fourth-order valence-electron chi connectivity index (χ4n) is 2.20. The number of ether oxygens (including phenoxy) is 2. The predicted molar refractivity (Wildman–Crippen MR) is 102 cm³/mol. The summed E-state index contributed by atoms with van der Waals surface area (Å²) < 4.78 is 10.9. The summed E-state index contributed by atoms with van der Waals surface area (Å²) >= 11 is 1.45. The Morgan fingerprint density at radius 1 is 1.29 bits per heavy atom. The van der Waals surface area contributed by atoms with Crippen molar-refractivity contribution in [2.45, 2.75) is 25.7 Å². The molecule has 0 amide bonds. The van der Waals surface area contributed by atoms with Crippen LogP contribution in [0.1, 0.15) is 20.8 Å². The second-order valence-corrected chi connectivity index (χ2v) is 8.19. The first-order chi connectivity index (χ1) is 11.3. The molecule has 1 heterocycles. The first kappa shape index (κ1) is 18.7. The molecule has 0 saturated carbocycles. The summed E-state index contributed by atoms with van der Waals surface area (Å²) in [5, 5.41) is 3.94. The van der Waals surface area contributed by atoms with E-state index >= 15 is 0 Å². The Bertz CT molecular complexity index is 597. The third kappa shape index (κ3) is 5.49. The second-order valence-electron chi connectivity index (χ2n) is 7.13. The largest absolute Gasteiger partial charge is 0.454 e. The molecule has 3 N–H and O–H groups in total. The number of nitrogens with two attached hydrogens (primary N) is 1. The maximum Gasteiger partial charge on any atom is 0.231 e. The van der Waals surface area contributed by atoms with E-state index in [-0.39, 0.29) is 12.2 Å². The van der Waals surface area contributed by atoms with E-state index in [9.17, 15) is 0 Å². The monoisotopic (exact) mass is 352 g/mol. The number of hydrogen-bond donors (Lipinski definition) is 2. The Balaban J connectivity index is 1.95.